The van der Waals surface area contributed by atoms with E-state index in [1.807, 2.05) is 7.05 Å². The van der Waals surface area contributed by atoms with Gasteiger partial charge in [0, 0.05) is 24.5 Å². The van der Waals surface area contributed by atoms with Crippen LogP contribution in [0.1, 0.15) is 36.6 Å². The fourth-order valence-corrected chi connectivity index (χ4v) is 2.91. The van der Waals surface area contributed by atoms with Crippen molar-refractivity contribution in [2.45, 2.75) is 32.7 Å². The number of rotatable bonds is 4. The minimum atomic E-state index is 0.443. The van der Waals surface area contributed by atoms with E-state index in [2.05, 4.69) is 60.5 Å². The molecule has 0 saturated carbocycles. The van der Waals surface area contributed by atoms with Crippen molar-refractivity contribution in [3.05, 3.63) is 53.2 Å². The van der Waals surface area contributed by atoms with Gasteiger partial charge in [0.1, 0.15) is 5.82 Å². The standard InChI is InChI=1S/C18H23N3/c1-13(2)16-10-14(12-19-3)11-18(20-16)21-9-8-15-6-4-5-7-17(15)21/h4-7,10-11,13,19H,8-9,12H2,1-3H3. The molecule has 2 aromatic rings. The van der Waals surface area contributed by atoms with Crippen molar-refractivity contribution < 1.29 is 0 Å². The normalized spacial score (nSPS) is 13.8. The van der Waals surface area contributed by atoms with Crippen molar-refractivity contribution in [2.75, 3.05) is 18.5 Å². The Morgan fingerprint density at radius 2 is 2.05 bits per heavy atom. The molecule has 2 heterocycles. The van der Waals surface area contributed by atoms with Gasteiger partial charge in [-0.2, -0.15) is 0 Å². The second-order valence-electron chi connectivity index (χ2n) is 5.97. The lowest BCUT2D eigenvalue weighted by atomic mass is 10.1. The van der Waals surface area contributed by atoms with Crippen LogP contribution in [0, 0.1) is 0 Å². The van der Waals surface area contributed by atoms with Crippen LogP contribution in [0.25, 0.3) is 0 Å². The summed E-state index contributed by atoms with van der Waals surface area (Å²) in [5.74, 6) is 1.52. The molecule has 0 amide bonds. The SMILES string of the molecule is CNCc1cc(C(C)C)nc(N2CCc3ccccc32)c1. The Hall–Kier alpha value is -1.87. The Balaban J connectivity index is 2.02. The van der Waals surface area contributed by atoms with E-state index in [0.29, 0.717) is 5.92 Å². The van der Waals surface area contributed by atoms with Gasteiger partial charge >= 0.3 is 0 Å². The lowest BCUT2D eigenvalue weighted by Crippen LogP contribution is -2.17. The number of benzene rings is 1. The molecule has 0 bridgehead atoms. The van der Waals surface area contributed by atoms with Crippen molar-refractivity contribution in [1.82, 2.24) is 10.3 Å². The van der Waals surface area contributed by atoms with Gasteiger partial charge in [-0.25, -0.2) is 4.98 Å². The fourth-order valence-electron chi connectivity index (χ4n) is 2.91. The summed E-state index contributed by atoms with van der Waals surface area (Å²) < 4.78 is 0. The molecule has 1 aromatic carbocycles. The Morgan fingerprint density at radius 3 is 2.81 bits per heavy atom. The smallest absolute Gasteiger partial charge is 0.133 e. The number of anilines is 2. The van der Waals surface area contributed by atoms with Crippen LogP contribution < -0.4 is 10.2 Å². The van der Waals surface area contributed by atoms with Crippen LogP contribution in [0.5, 0.6) is 0 Å². The van der Waals surface area contributed by atoms with Crippen molar-refractivity contribution in [3.63, 3.8) is 0 Å². The second kappa shape index (κ2) is 5.86. The van der Waals surface area contributed by atoms with Crippen LogP contribution in [0.4, 0.5) is 11.5 Å². The third kappa shape index (κ3) is 2.79. The Morgan fingerprint density at radius 1 is 1.24 bits per heavy atom. The number of nitrogens with one attached hydrogen (secondary N) is 1. The van der Waals surface area contributed by atoms with Crippen LogP contribution in [0.2, 0.25) is 0 Å². The highest BCUT2D eigenvalue weighted by Crippen LogP contribution is 2.34. The maximum atomic E-state index is 4.89. The van der Waals surface area contributed by atoms with Gasteiger partial charge < -0.3 is 10.2 Å². The predicted octanol–water partition coefficient (Wildman–Crippen LogP) is 3.62. The average molecular weight is 281 g/mol. The lowest BCUT2D eigenvalue weighted by molar-refractivity contribution is 0.784. The first-order valence-corrected chi connectivity index (χ1v) is 7.70. The van der Waals surface area contributed by atoms with Crippen LogP contribution >= 0.6 is 0 Å². The van der Waals surface area contributed by atoms with Gasteiger partial charge in [0.15, 0.2) is 0 Å². The molecule has 0 atom stereocenters. The van der Waals surface area contributed by atoms with Gasteiger partial charge in [-0.15, -0.1) is 0 Å². The summed E-state index contributed by atoms with van der Waals surface area (Å²) in [6.45, 7) is 6.30. The van der Waals surface area contributed by atoms with E-state index in [1.165, 1.54) is 22.5 Å². The minimum absolute atomic E-state index is 0.443. The maximum Gasteiger partial charge on any atom is 0.133 e. The van der Waals surface area contributed by atoms with E-state index in [1.54, 1.807) is 0 Å². The summed E-state index contributed by atoms with van der Waals surface area (Å²) in [5.41, 5.74) is 5.20. The molecule has 3 rings (SSSR count). The molecule has 0 radical (unpaired) electrons. The maximum absolute atomic E-state index is 4.89. The first kappa shape index (κ1) is 14.1. The van der Waals surface area contributed by atoms with E-state index in [0.717, 1.165) is 25.3 Å². The predicted molar refractivity (Wildman–Crippen MR) is 88.2 cm³/mol. The van der Waals surface area contributed by atoms with Gasteiger partial charge in [0.2, 0.25) is 0 Å². The summed E-state index contributed by atoms with van der Waals surface area (Å²) >= 11 is 0. The molecule has 21 heavy (non-hydrogen) atoms. The molecule has 1 aliphatic heterocycles. The highest BCUT2D eigenvalue weighted by atomic mass is 15.2. The van der Waals surface area contributed by atoms with E-state index < -0.39 is 0 Å². The number of nitrogens with zero attached hydrogens (tertiary/aromatic N) is 2. The zero-order chi connectivity index (χ0) is 14.8. The van der Waals surface area contributed by atoms with Gasteiger partial charge in [0.05, 0.1) is 0 Å². The minimum Gasteiger partial charge on any atom is -0.326 e. The number of hydrogen-bond acceptors (Lipinski definition) is 3. The van der Waals surface area contributed by atoms with E-state index in [-0.39, 0.29) is 0 Å². The lowest BCUT2D eigenvalue weighted by Gasteiger charge is -2.21. The molecule has 0 saturated heterocycles. The Labute approximate surface area is 127 Å². The molecule has 0 spiro atoms. The molecule has 1 N–H and O–H groups in total. The topological polar surface area (TPSA) is 28.2 Å². The molecule has 0 fully saturated rings. The molecule has 0 aliphatic carbocycles. The quantitative estimate of drug-likeness (QED) is 0.927. The third-order valence-electron chi connectivity index (χ3n) is 4.03. The van der Waals surface area contributed by atoms with Crippen molar-refractivity contribution >= 4 is 11.5 Å². The monoisotopic (exact) mass is 281 g/mol. The third-order valence-corrected chi connectivity index (χ3v) is 4.03. The van der Waals surface area contributed by atoms with E-state index in [9.17, 15) is 0 Å². The van der Waals surface area contributed by atoms with E-state index in [4.69, 9.17) is 4.98 Å². The van der Waals surface area contributed by atoms with Gasteiger partial charge in [0.25, 0.3) is 0 Å². The Kier molecular flexibility index (Phi) is 3.93. The second-order valence-corrected chi connectivity index (χ2v) is 5.97. The van der Waals surface area contributed by atoms with Crippen LogP contribution in [0.15, 0.2) is 36.4 Å². The summed E-state index contributed by atoms with van der Waals surface area (Å²) in [6, 6.07) is 13.1. The number of hydrogen-bond donors (Lipinski definition) is 1. The molecular formula is C18H23N3. The Bertz CT molecular complexity index is 634. The zero-order valence-corrected chi connectivity index (χ0v) is 13.1. The first-order chi connectivity index (χ1) is 10.2. The van der Waals surface area contributed by atoms with Crippen LogP contribution in [-0.2, 0) is 13.0 Å². The summed E-state index contributed by atoms with van der Waals surface area (Å²) in [6.07, 6.45) is 1.10. The molecular weight excluding hydrogens is 258 g/mol. The van der Waals surface area contributed by atoms with Crippen LogP contribution in [-0.4, -0.2) is 18.6 Å². The molecule has 0 unspecified atom stereocenters. The van der Waals surface area contributed by atoms with Crippen LogP contribution in [0.3, 0.4) is 0 Å². The number of para-hydroxylation sites is 1. The van der Waals surface area contributed by atoms with Gasteiger partial charge in [-0.1, -0.05) is 32.0 Å². The zero-order valence-electron chi connectivity index (χ0n) is 13.1. The first-order valence-electron chi connectivity index (χ1n) is 7.70. The molecule has 3 heteroatoms. The molecule has 3 nitrogen and oxygen atoms in total. The van der Waals surface area contributed by atoms with Crippen molar-refractivity contribution in [3.8, 4) is 0 Å². The highest BCUT2D eigenvalue weighted by Gasteiger charge is 2.21. The number of pyridine rings is 1. The number of fused-ring (bicyclic) bond motifs is 1. The highest BCUT2D eigenvalue weighted by molar-refractivity contribution is 5.68. The summed E-state index contributed by atoms with van der Waals surface area (Å²) in [4.78, 5) is 7.24. The average Bonchev–Trinajstić information content (AvgIpc) is 2.91. The fraction of sp³-hybridized carbons (Fsp3) is 0.389. The summed E-state index contributed by atoms with van der Waals surface area (Å²) in [7, 11) is 1.99. The van der Waals surface area contributed by atoms with Crippen molar-refractivity contribution in [1.29, 1.82) is 0 Å². The van der Waals surface area contributed by atoms with E-state index >= 15 is 0 Å². The molecule has 110 valence electrons. The summed E-state index contributed by atoms with van der Waals surface area (Å²) in [5, 5.41) is 3.24. The van der Waals surface area contributed by atoms with Crippen molar-refractivity contribution in [2.24, 2.45) is 0 Å². The molecule has 1 aliphatic rings. The largest absolute Gasteiger partial charge is 0.326 e. The number of aromatic nitrogens is 1. The van der Waals surface area contributed by atoms with Gasteiger partial charge in [-0.3, -0.25) is 0 Å². The molecule has 1 aromatic heterocycles. The van der Waals surface area contributed by atoms with Gasteiger partial charge in [-0.05, 0) is 48.7 Å².